The van der Waals surface area contributed by atoms with Crippen molar-refractivity contribution in [1.29, 1.82) is 0 Å². The maximum atomic E-state index is 13.9. The zero-order valence-corrected chi connectivity index (χ0v) is 21.6. The number of hydrogen-bond acceptors (Lipinski definition) is 4. The molecule has 3 aromatic rings. The first-order chi connectivity index (χ1) is 17.7. The highest BCUT2D eigenvalue weighted by molar-refractivity contribution is 6.31. The Balaban J connectivity index is 1.57. The third-order valence-electron chi connectivity index (χ3n) is 6.94. The van der Waals surface area contributed by atoms with Crippen molar-refractivity contribution in [2.75, 3.05) is 16.8 Å². The van der Waals surface area contributed by atoms with Crippen LogP contribution in [0.25, 0.3) is 0 Å². The highest BCUT2D eigenvalue weighted by Crippen LogP contribution is 2.48. The van der Waals surface area contributed by atoms with E-state index in [1.54, 1.807) is 18.2 Å². The van der Waals surface area contributed by atoms with E-state index in [1.165, 1.54) is 12.1 Å². The Bertz CT molecular complexity index is 1380. The molecule has 37 heavy (non-hydrogen) atoms. The van der Waals surface area contributed by atoms with Gasteiger partial charge in [0.25, 0.3) is 0 Å². The van der Waals surface area contributed by atoms with Gasteiger partial charge in [-0.2, -0.15) is 0 Å². The molecule has 1 unspecified atom stereocenters. The summed E-state index contributed by atoms with van der Waals surface area (Å²) in [4.78, 5) is 28.9. The third kappa shape index (κ3) is 5.25. The lowest BCUT2D eigenvalue weighted by Gasteiger charge is -2.37. The Morgan fingerprint density at radius 1 is 1.05 bits per heavy atom. The molecule has 1 atom stereocenters. The number of halogens is 2. The van der Waals surface area contributed by atoms with E-state index in [-0.39, 0.29) is 36.0 Å². The fraction of sp³-hybridized carbons (Fsp3) is 0.267. The Kier molecular flexibility index (Phi) is 6.78. The summed E-state index contributed by atoms with van der Waals surface area (Å²) in [6.45, 7) is 4.45. The molecule has 2 N–H and O–H groups in total. The maximum absolute atomic E-state index is 13.9. The van der Waals surface area contributed by atoms with Crippen LogP contribution in [0, 0.1) is 11.2 Å². The Labute approximate surface area is 221 Å². The molecule has 0 aromatic heterocycles. The Hall–Kier alpha value is -3.64. The lowest BCUT2D eigenvalue weighted by molar-refractivity contribution is -0.120. The number of anilines is 2. The van der Waals surface area contributed by atoms with E-state index >= 15 is 0 Å². The molecule has 1 aliphatic carbocycles. The van der Waals surface area contributed by atoms with E-state index in [9.17, 15) is 14.0 Å². The van der Waals surface area contributed by atoms with Gasteiger partial charge in [-0.05, 0) is 53.3 Å². The lowest BCUT2D eigenvalue weighted by atomic mass is 9.73. The molecule has 3 aromatic carbocycles. The normalized spacial score (nSPS) is 18.4. The first-order valence-electron chi connectivity index (χ1n) is 12.4. The van der Waals surface area contributed by atoms with Crippen molar-refractivity contribution < 1.29 is 14.0 Å². The number of carbonyl (C=O) groups is 2. The predicted molar refractivity (Wildman–Crippen MR) is 145 cm³/mol. The second-order valence-corrected chi connectivity index (χ2v) is 10.8. The molecule has 0 spiro atoms. The second kappa shape index (κ2) is 10.0. The number of rotatable bonds is 5. The van der Waals surface area contributed by atoms with Crippen molar-refractivity contribution in [3.8, 4) is 0 Å². The summed E-state index contributed by atoms with van der Waals surface area (Å²) in [7, 11) is 0. The summed E-state index contributed by atoms with van der Waals surface area (Å²) in [5.74, 6) is -0.540. The average Bonchev–Trinajstić information content (AvgIpc) is 2.98. The van der Waals surface area contributed by atoms with Crippen molar-refractivity contribution >= 4 is 34.7 Å². The van der Waals surface area contributed by atoms with Crippen LogP contribution in [0.1, 0.15) is 43.9 Å². The molecule has 0 saturated carbocycles. The van der Waals surface area contributed by atoms with Crippen LogP contribution in [-0.2, 0) is 16.1 Å². The van der Waals surface area contributed by atoms with Gasteiger partial charge in [-0.15, -0.1) is 0 Å². The number of carbonyl (C=O) groups excluding carboxylic acids is 2. The van der Waals surface area contributed by atoms with Crippen LogP contribution in [0.15, 0.2) is 84.1 Å². The standard InChI is InChI=1S/C30H29ClFN3O2/c1-30(2)15-24-28(26(36)16-30)29(19-11-13-21(32)14-12-19)35(25-10-6-5-9-23(25)34-24)18-27(37)33-17-20-7-3-4-8-22(20)31/h3-14,29,34H,15-18H2,1-2H3,(H,33,37). The molecule has 1 aliphatic heterocycles. The summed E-state index contributed by atoms with van der Waals surface area (Å²) < 4.78 is 13.9. The van der Waals surface area contributed by atoms with E-state index < -0.39 is 6.04 Å². The summed E-state index contributed by atoms with van der Waals surface area (Å²) in [5.41, 5.74) is 4.46. The number of Topliss-reactive ketones (excluding diaryl/α,β-unsaturated/α-hetero) is 1. The Morgan fingerprint density at radius 2 is 1.76 bits per heavy atom. The topological polar surface area (TPSA) is 61.4 Å². The second-order valence-electron chi connectivity index (χ2n) is 10.4. The number of benzene rings is 3. The first-order valence-corrected chi connectivity index (χ1v) is 12.7. The summed E-state index contributed by atoms with van der Waals surface area (Å²) >= 11 is 6.28. The van der Waals surface area contributed by atoms with Gasteiger partial charge in [0.1, 0.15) is 5.82 Å². The zero-order chi connectivity index (χ0) is 26.2. The molecule has 0 radical (unpaired) electrons. The van der Waals surface area contributed by atoms with Gasteiger partial charge in [0, 0.05) is 29.3 Å². The Morgan fingerprint density at radius 3 is 2.51 bits per heavy atom. The van der Waals surface area contributed by atoms with Crippen LogP contribution >= 0.6 is 11.6 Å². The van der Waals surface area contributed by atoms with Crippen LogP contribution in [-0.4, -0.2) is 18.2 Å². The highest BCUT2D eigenvalue weighted by atomic mass is 35.5. The van der Waals surface area contributed by atoms with E-state index in [0.29, 0.717) is 23.4 Å². The van der Waals surface area contributed by atoms with Crippen molar-refractivity contribution in [3.05, 3.63) is 106 Å². The van der Waals surface area contributed by atoms with E-state index in [0.717, 1.165) is 28.2 Å². The molecule has 190 valence electrons. The summed E-state index contributed by atoms with van der Waals surface area (Å²) in [5, 5.41) is 7.08. The lowest BCUT2D eigenvalue weighted by Crippen LogP contribution is -2.41. The van der Waals surface area contributed by atoms with Crippen molar-refractivity contribution in [1.82, 2.24) is 5.32 Å². The van der Waals surface area contributed by atoms with Gasteiger partial charge in [-0.3, -0.25) is 9.59 Å². The first kappa shape index (κ1) is 25.0. The van der Waals surface area contributed by atoms with E-state index in [4.69, 9.17) is 11.6 Å². The minimum Gasteiger partial charge on any atom is -0.357 e. The van der Waals surface area contributed by atoms with Crippen LogP contribution in [0.2, 0.25) is 5.02 Å². The van der Waals surface area contributed by atoms with Crippen LogP contribution in [0.5, 0.6) is 0 Å². The summed E-state index contributed by atoms with van der Waals surface area (Å²) in [6, 6.07) is 20.7. The summed E-state index contributed by atoms with van der Waals surface area (Å²) in [6.07, 6.45) is 1.08. The molecular weight excluding hydrogens is 489 g/mol. The van der Waals surface area contributed by atoms with Crippen molar-refractivity contribution in [2.45, 2.75) is 39.3 Å². The van der Waals surface area contributed by atoms with Gasteiger partial charge in [0.05, 0.1) is 24.0 Å². The average molecular weight is 518 g/mol. The van der Waals surface area contributed by atoms with Gasteiger partial charge in [-0.25, -0.2) is 4.39 Å². The number of nitrogens with one attached hydrogen (secondary N) is 2. The minimum atomic E-state index is -0.554. The van der Waals surface area contributed by atoms with E-state index in [2.05, 4.69) is 24.5 Å². The van der Waals surface area contributed by atoms with Gasteiger partial charge in [-0.1, -0.05) is 67.9 Å². The largest absolute Gasteiger partial charge is 0.357 e. The maximum Gasteiger partial charge on any atom is 0.239 e. The van der Waals surface area contributed by atoms with E-state index in [1.807, 2.05) is 47.4 Å². The number of hydrogen-bond donors (Lipinski definition) is 2. The monoisotopic (exact) mass is 517 g/mol. The zero-order valence-electron chi connectivity index (χ0n) is 20.9. The van der Waals surface area contributed by atoms with Gasteiger partial charge in [0.2, 0.25) is 5.91 Å². The van der Waals surface area contributed by atoms with Crippen molar-refractivity contribution in [2.24, 2.45) is 5.41 Å². The van der Waals surface area contributed by atoms with Crippen LogP contribution in [0.4, 0.5) is 15.8 Å². The third-order valence-corrected chi connectivity index (χ3v) is 7.31. The molecule has 5 rings (SSSR count). The fourth-order valence-electron chi connectivity index (χ4n) is 5.27. The molecule has 0 bridgehead atoms. The fourth-order valence-corrected chi connectivity index (χ4v) is 5.47. The van der Waals surface area contributed by atoms with Crippen LogP contribution < -0.4 is 15.5 Å². The number of para-hydroxylation sites is 2. The van der Waals surface area contributed by atoms with Gasteiger partial charge >= 0.3 is 0 Å². The minimum absolute atomic E-state index is 0.00135. The number of fused-ring (bicyclic) bond motifs is 1. The number of amides is 1. The van der Waals surface area contributed by atoms with Gasteiger partial charge < -0.3 is 15.5 Å². The SMILES string of the molecule is CC1(C)CC(=O)C2=C(C1)Nc1ccccc1N(CC(=O)NCc1ccccc1Cl)C2c1ccc(F)cc1. The van der Waals surface area contributed by atoms with Crippen molar-refractivity contribution in [3.63, 3.8) is 0 Å². The molecule has 0 fully saturated rings. The number of allylic oxidation sites excluding steroid dienone is 1. The molecule has 0 saturated heterocycles. The quantitative estimate of drug-likeness (QED) is 0.410. The molecule has 1 amide bonds. The molecular formula is C30H29ClFN3O2. The van der Waals surface area contributed by atoms with Gasteiger partial charge in [0.15, 0.2) is 5.78 Å². The highest BCUT2D eigenvalue weighted by Gasteiger charge is 2.41. The number of ketones is 1. The molecule has 5 nitrogen and oxygen atoms in total. The smallest absolute Gasteiger partial charge is 0.239 e. The molecule has 2 aliphatic rings. The molecule has 7 heteroatoms. The molecule has 1 heterocycles. The van der Waals surface area contributed by atoms with Crippen LogP contribution in [0.3, 0.4) is 0 Å². The predicted octanol–water partition coefficient (Wildman–Crippen LogP) is 6.41. The number of nitrogens with zero attached hydrogens (tertiary/aromatic N) is 1.